The lowest BCUT2D eigenvalue weighted by Gasteiger charge is -2.46. The van der Waals surface area contributed by atoms with E-state index in [1.807, 2.05) is 0 Å². The van der Waals surface area contributed by atoms with Crippen molar-refractivity contribution in [3.05, 3.63) is 0 Å². The van der Waals surface area contributed by atoms with Crippen molar-refractivity contribution in [2.24, 2.45) is 0 Å². The summed E-state index contributed by atoms with van der Waals surface area (Å²) in [7, 11) is -3.40. The molecule has 0 aromatic carbocycles. The third kappa shape index (κ3) is 3.37. The number of alkyl halides is 3. The van der Waals surface area contributed by atoms with Gasteiger partial charge < -0.3 is 23.7 Å². The lowest BCUT2D eigenvalue weighted by molar-refractivity contribution is -0.330. The monoisotopic (exact) mass is 352 g/mol. The molecule has 2 saturated heterocycles. The normalized spacial score (nSPS) is 36.9. The van der Waals surface area contributed by atoms with Crippen LogP contribution in [-0.2, 0) is 38.0 Å². The predicted molar refractivity (Wildman–Crippen MR) is 62.0 cm³/mol. The van der Waals surface area contributed by atoms with Crippen LogP contribution in [0.4, 0.5) is 13.2 Å². The van der Waals surface area contributed by atoms with Crippen LogP contribution < -0.4 is 0 Å². The molecule has 0 aromatic rings. The van der Waals surface area contributed by atoms with Gasteiger partial charge in [-0.05, 0) is 0 Å². The number of methoxy groups -OCH3 is 2. The Bertz CT molecular complexity index is 481. The van der Waals surface area contributed by atoms with Crippen molar-refractivity contribution < 1.29 is 49.5 Å². The molecule has 0 N–H and O–H groups in total. The molecule has 0 aromatic heterocycles. The van der Waals surface area contributed by atoms with Crippen LogP contribution in [0.1, 0.15) is 0 Å². The quantitative estimate of drug-likeness (QED) is 0.515. The molecule has 2 fully saturated rings. The third-order valence-corrected chi connectivity index (χ3v) is 4.28. The maximum Gasteiger partial charge on any atom is 0.523 e. The van der Waals surface area contributed by atoms with Gasteiger partial charge in [-0.15, -0.1) is 0 Å². The molecule has 130 valence electrons. The number of hydrogen-bond donors (Lipinski definition) is 0. The van der Waals surface area contributed by atoms with Gasteiger partial charge in [0.25, 0.3) is 0 Å². The second-order valence-electron chi connectivity index (χ2n) is 4.56. The zero-order valence-electron chi connectivity index (χ0n) is 11.6. The van der Waals surface area contributed by atoms with Gasteiger partial charge in [-0.1, -0.05) is 0 Å². The van der Waals surface area contributed by atoms with Crippen molar-refractivity contribution in [2.45, 2.75) is 36.2 Å². The minimum atomic E-state index is -5.85. The molecule has 5 atom stereocenters. The average molecular weight is 352 g/mol. The Morgan fingerprint density at radius 2 is 1.77 bits per heavy atom. The fraction of sp³-hybridized carbons (Fsp3) is 1.00. The Morgan fingerprint density at radius 3 is 2.32 bits per heavy atom. The van der Waals surface area contributed by atoms with Crippen molar-refractivity contribution in [3.8, 4) is 0 Å². The van der Waals surface area contributed by atoms with Crippen molar-refractivity contribution in [3.63, 3.8) is 0 Å². The largest absolute Gasteiger partial charge is 0.523 e. The summed E-state index contributed by atoms with van der Waals surface area (Å²) in [5.41, 5.74) is -5.58. The van der Waals surface area contributed by atoms with Gasteiger partial charge in [0, 0.05) is 14.2 Å². The molecule has 0 spiro atoms. The van der Waals surface area contributed by atoms with Crippen LogP contribution in [0.2, 0.25) is 0 Å². The Labute approximate surface area is 124 Å². The van der Waals surface area contributed by atoms with Gasteiger partial charge in [0.15, 0.2) is 0 Å². The Balaban J connectivity index is 2.22. The van der Waals surface area contributed by atoms with E-state index in [4.69, 9.17) is 23.7 Å². The summed E-state index contributed by atoms with van der Waals surface area (Å²) in [6, 6.07) is 0. The molecule has 0 unspecified atom stereocenters. The molecule has 0 radical (unpaired) electrons. The Hall–Kier alpha value is -0.500. The highest BCUT2D eigenvalue weighted by Crippen LogP contribution is 2.33. The van der Waals surface area contributed by atoms with Crippen LogP contribution in [0, 0.1) is 0 Å². The highest BCUT2D eigenvalue weighted by molar-refractivity contribution is 7.87. The number of ether oxygens (including phenoxy) is 5. The van der Waals surface area contributed by atoms with Crippen LogP contribution in [0.5, 0.6) is 0 Å². The van der Waals surface area contributed by atoms with Crippen LogP contribution in [0.3, 0.4) is 0 Å². The van der Waals surface area contributed by atoms with Gasteiger partial charge >= 0.3 is 15.6 Å². The van der Waals surface area contributed by atoms with Gasteiger partial charge in [0.2, 0.25) is 6.29 Å². The van der Waals surface area contributed by atoms with E-state index < -0.39 is 46.3 Å². The maximum atomic E-state index is 12.4. The van der Waals surface area contributed by atoms with E-state index in [-0.39, 0.29) is 13.4 Å². The lowest BCUT2D eigenvalue weighted by Crippen LogP contribution is -2.63. The van der Waals surface area contributed by atoms with Crippen LogP contribution in [-0.4, -0.2) is 72.3 Å². The second-order valence-corrected chi connectivity index (χ2v) is 6.12. The summed E-state index contributed by atoms with van der Waals surface area (Å²) >= 11 is 0. The first-order valence-corrected chi connectivity index (χ1v) is 7.52. The molecule has 0 amide bonds. The van der Waals surface area contributed by atoms with Gasteiger partial charge in [-0.3, -0.25) is 0 Å². The van der Waals surface area contributed by atoms with E-state index in [0.29, 0.717) is 0 Å². The van der Waals surface area contributed by atoms with E-state index in [2.05, 4.69) is 4.18 Å². The van der Waals surface area contributed by atoms with Gasteiger partial charge in [-0.25, -0.2) is 4.18 Å². The van der Waals surface area contributed by atoms with Crippen molar-refractivity contribution >= 4 is 10.1 Å². The molecule has 2 rings (SSSR count). The summed E-state index contributed by atoms with van der Waals surface area (Å²) < 4.78 is 89.4. The van der Waals surface area contributed by atoms with Crippen LogP contribution in [0.25, 0.3) is 0 Å². The molecule has 2 heterocycles. The van der Waals surface area contributed by atoms with E-state index in [0.717, 1.165) is 7.11 Å². The van der Waals surface area contributed by atoms with E-state index in [1.165, 1.54) is 7.11 Å². The van der Waals surface area contributed by atoms with Crippen LogP contribution >= 0.6 is 0 Å². The zero-order chi connectivity index (χ0) is 16.5. The molecule has 22 heavy (non-hydrogen) atoms. The molecule has 8 nitrogen and oxygen atoms in total. The minimum Gasteiger partial charge on any atom is -0.376 e. The Kier molecular flexibility index (Phi) is 5.31. The van der Waals surface area contributed by atoms with Crippen molar-refractivity contribution in [1.82, 2.24) is 0 Å². The van der Waals surface area contributed by atoms with Crippen molar-refractivity contribution in [1.29, 1.82) is 0 Å². The first-order chi connectivity index (χ1) is 10.2. The summed E-state index contributed by atoms with van der Waals surface area (Å²) in [5.74, 6) is 0. The molecular weight excluding hydrogens is 337 g/mol. The highest BCUT2D eigenvalue weighted by Gasteiger charge is 2.55. The molecule has 0 bridgehead atoms. The number of hydrogen-bond acceptors (Lipinski definition) is 8. The van der Waals surface area contributed by atoms with Gasteiger partial charge in [-0.2, -0.15) is 21.6 Å². The fourth-order valence-electron chi connectivity index (χ4n) is 2.28. The second kappa shape index (κ2) is 6.55. The molecule has 2 aliphatic rings. The van der Waals surface area contributed by atoms with E-state index in [9.17, 15) is 21.6 Å². The summed E-state index contributed by atoms with van der Waals surface area (Å²) in [4.78, 5) is 0. The first-order valence-electron chi connectivity index (χ1n) is 6.11. The van der Waals surface area contributed by atoms with E-state index >= 15 is 0 Å². The maximum absolute atomic E-state index is 12.4. The third-order valence-electron chi connectivity index (χ3n) is 3.27. The molecule has 0 aliphatic carbocycles. The molecular formula is C10H15F3O8S. The summed E-state index contributed by atoms with van der Waals surface area (Å²) in [5, 5.41) is 0. The predicted octanol–water partition coefficient (Wildman–Crippen LogP) is -0.0196. The summed E-state index contributed by atoms with van der Waals surface area (Å²) in [6.07, 6.45) is -5.49. The lowest BCUT2D eigenvalue weighted by atomic mass is 9.98. The number of fused-ring (bicyclic) bond motifs is 1. The molecule has 12 heteroatoms. The van der Waals surface area contributed by atoms with Crippen LogP contribution in [0.15, 0.2) is 0 Å². The molecule has 2 aliphatic heterocycles. The van der Waals surface area contributed by atoms with Crippen molar-refractivity contribution in [2.75, 3.05) is 27.6 Å². The minimum absolute atomic E-state index is 0.00706. The fourth-order valence-corrected chi connectivity index (χ4v) is 2.79. The smallest absolute Gasteiger partial charge is 0.376 e. The topological polar surface area (TPSA) is 89.5 Å². The zero-order valence-corrected chi connectivity index (χ0v) is 12.4. The van der Waals surface area contributed by atoms with Gasteiger partial charge in [0.05, 0.1) is 6.61 Å². The van der Waals surface area contributed by atoms with E-state index in [1.54, 1.807) is 0 Å². The SMILES string of the molecule is CO[C@@H]1[C@@H](OC)[C@@H](OS(=O)(=O)C(F)(F)F)O[C@@H]2COCO[C@@H]12. The highest BCUT2D eigenvalue weighted by atomic mass is 32.2. The number of halogens is 3. The first kappa shape index (κ1) is 17.8. The average Bonchev–Trinajstić information content (AvgIpc) is 2.44. The number of rotatable bonds is 4. The van der Waals surface area contributed by atoms with Gasteiger partial charge in [0.1, 0.15) is 31.2 Å². The standard InChI is InChI=1S/C10H15F3O8S/c1-16-7-6-5(3-18-4-19-6)20-9(8(7)17-2)21-22(14,15)10(11,12)13/h5-9H,3-4H2,1-2H3/t5-,6-,7+,8-,9-/m1/s1. The molecule has 0 saturated carbocycles. The Morgan fingerprint density at radius 1 is 1.14 bits per heavy atom. The summed E-state index contributed by atoms with van der Waals surface area (Å²) in [6.45, 7) is -0.0555.